The Bertz CT molecular complexity index is 826. The summed E-state index contributed by atoms with van der Waals surface area (Å²) >= 11 is 1.58. The molecule has 0 bridgehead atoms. The highest BCUT2D eigenvalue weighted by Gasteiger charge is 2.68. The molecular formula is C19H20N2O2S. The minimum absolute atomic E-state index is 0.00662. The summed E-state index contributed by atoms with van der Waals surface area (Å²) in [6, 6.07) is 10.2. The van der Waals surface area contributed by atoms with Gasteiger partial charge in [-0.15, -0.1) is 11.3 Å². The van der Waals surface area contributed by atoms with Crippen LogP contribution < -0.4 is 5.73 Å². The van der Waals surface area contributed by atoms with Crippen LogP contribution in [0.2, 0.25) is 0 Å². The second kappa shape index (κ2) is 5.18. The Morgan fingerprint density at radius 3 is 2.58 bits per heavy atom. The molecule has 4 rings (SSSR count). The standard InChI is InChI=1S/C19H20N2O2S/c1-11-3-5-13(6-4-11)16-14(7-8-24-16)17(22)21-10-19(18(20)23)9-15(19)12(21)2/h3-8,12,15H,9-10H2,1-2H3,(H2,20,23)/t12-,15+,19-/m0/s1. The van der Waals surface area contributed by atoms with Crippen LogP contribution in [0.3, 0.4) is 0 Å². The highest BCUT2D eigenvalue weighted by Crippen LogP contribution is 2.60. The number of carbonyl (C=O) groups is 2. The van der Waals surface area contributed by atoms with Gasteiger partial charge in [0.15, 0.2) is 0 Å². The SMILES string of the molecule is Cc1ccc(-c2sccc2C(=O)N2C[C@@]3(C(N)=O)C[C@@H]3[C@@H]2C)cc1. The summed E-state index contributed by atoms with van der Waals surface area (Å²) < 4.78 is 0. The van der Waals surface area contributed by atoms with E-state index in [9.17, 15) is 9.59 Å². The zero-order valence-electron chi connectivity index (χ0n) is 13.8. The lowest BCUT2D eigenvalue weighted by Crippen LogP contribution is -2.39. The molecule has 3 atom stereocenters. The van der Waals surface area contributed by atoms with E-state index in [4.69, 9.17) is 5.73 Å². The smallest absolute Gasteiger partial charge is 0.255 e. The zero-order valence-corrected chi connectivity index (χ0v) is 14.6. The molecule has 1 aromatic heterocycles. The molecule has 124 valence electrons. The Hall–Kier alpha value is -2.14. The van der Waals surface area contributed by atoms with E-state index in [2.05, 4.69) is 12.1 Å². The number of nitrogens with zero attached hydrogens (tertiary/aromatic N) is 1. The van der Waals surface area contributed by atoms with Gasteiger partial charge in [0, 0.05) is 17.5 Å². The van der Waals surface area contributed by atoms with Crippen molar-refractivity contribution in [2.24, 2.45) is 17.1 Å². The molecule has 1 saturated heterocycles. The van der Waals surface area contributed by atoms with E-state index in [1.807, 2.05) is 42.3 Å². The van der Waals surface area contributed by atoms with Crippen molar-refractivity contribution in [1.29, 1.82) is 0 Å². The van der Waals surface area contributed by atoms with E-state index in [-0.39, 0.29) is 23.8 Å². The quantitative estimate of drug-likeness (QED) is 0.933. The second-order valence-electron chi connectivity index (χ2n) is 7.03. The number of nitrogens with two attached hydrogens (primary N) is 1. The molecule has 2 N–H and O–H groups in total. The second-order valence-corrected chi connectivity index (χ2v) is 7.95. The highest BCUT2D eigenvalue weighted by molar-refractivity contribution is 7.14. The summed E-state index contributed by atoms with van der Waals surface area (Å²) in [5, 5.41) is 1.95. The van der Waals surface area contributed by atoms with Gasteiger partial charge in [-0.3, -0.25) is 9.59 Å². The predicted octanol–water partition coefficient (Wildman–Crippen LogP) is 3.06. The van der Waals surface area contributed by atoms with Gasteiger partial charge in [-0.2, -0.15) is 0 Å². The van der Waals surface area contributed by atoms with Crippen LogP contribution in [0.1, 0.15) is 29.3 Å². The number of rotatable bonds is 3. The number of benzene rings is 1. The fraction of sp³-hybridized carbons (Fsp3) is 0.368. The zero-order chi connectivity index (χ0) is 17.1. The van der Waals surface area contributed by atoms with Gasteiger partial charge in [0.2, 0.25) is 5.91 Å². The number of thiophene rings is 1. The van der Waals surface area contributed by atoms with Crippen molar-refractivity contribution >= 4 is 23.2 Å². The summed E-state index contributed by atoms with van der Waals surface area (Å²) in [5.41, 5.74) is 8.07. The Balaban J connectivity index is 1.64. The van der Waals surface area contributed by atoms with Crippen LogP contribution in [0.4, 0.5) is 0 Å². The van der Waals surface area contributed by atoms with Crippen molar-refractivity contribution < 1.29 is 9.59 Å². The third kappa shape index (κ3) is 2.11. The number of amides is 2. The Morgan fingerprint density at radius 2 is 1.96 bits per heavy atom. The van der Waals surface area contributed by atoms with Crippen molar-refractivity contribution in [1.82, 2.24) is 4.90 Å². The minimum Gasteiger partial charge on any atom is -0.369 e. The highest BCUT2D eigenvalue weighted by atomic mass is 32.1. The van der Waals surface area contributed by atoms with Crippen molar-refractivity contribution in [3.8, 4) is 10.4 Å². The van der Waals surface area contributed by atoms with E-state index >= 15 is 0 Å². The van der Waals surface area contributed by atoms with Crippen LogP contribution in [0.25, 0.3) is 10.4 Å². The molecule has 24 heavy (non-hydrogen) atoms. The number of hydrogen-bond acceptors (Lipinski definition) is 3. The summed E-state index contributed by atoms with van der Waals surface area (Å²) in [4.78, 5) is 27.7. The van der Waals surface area contributed by atoms with Gasteiger partial charge in [0.1, 0.15) is 0 Å². The van der Waals surface area contributed by atoms with E-state index in [1.165, 1.54) is 5.56 Å². The molecule has 2 heterocycles. The van der Waals surface area contributed by atoms with Crippen molar-refractivity contribution in [3.05, 3.63) is 46.8 Å². The molecule has 4 nitrogen and oxygen atoms in total. The van der Waals surface area contributed by atoms with E-state index in [0.717, 1.165) is 22.4 Å². The van der Waals surface area contributed by atoms with Crippen LogP contribution in [0, 0.1) is 18.3 Å². The van der Waals surface area contributed by atoms with Crippen LogP contribution in [-0.2, 0) is 4.79 Å². The fourth-order valence-electron chi connectivity index (χ4n) is 3.99. The number of likely N-dealkylation sites (tertiary alicyclic amines) is 1. The lowest BCUT2D eigenvalue weighted by Gasteiger charge is -2.25. The first-order valence-electron chi connectivity index (χ1n) is 8.19. The molecule has 2 aliphatic rings. The number of primary amides is 1. The summed E-state index contributed by atoms with van der Waals surface area (Å²) in [7, 11) is 0. The van der Waals surface area contributed by atoms with Gasteiger partial charge in [0.05, 0.1) is 11.0 Å². The van der Waals surface area contributed by atoms with Crippen molar-refractivity contribution in [3.63, 3.8) is 0 Å². The number of piperidine rings is 1. The number of fused-ring (bicyclic) bond motifs is 1. The van der Waals surface area contributed by atoms with E-state index in [1.54, 1.807) is 11.3 Å². The molecule has 1 aliphatic heterocycles. The van der Waals surface area contributed by atoms with E-state index in [0.29, 0.717) is 6.54 Å². The van der Waals surface area contributed by atoms with Crippen LogP contribution in [-0.4, -0.2) is 29.3 Å². The normalized spacial score (nSPS) is 27.8. The minimum atomic E-state index is -0.477. The van der Waals surface area contributed by atoms with Gasteiger partial charge >= 0.3 is 0 Å². The molecule has 1 saturated carbocycles. The van der Waals surface area contributed by atoms with Crippen LogP contribution in [0.15, 0.2) is 35.7 Å². The topological polar surface area (TPSA) is 63.4 Å². The summed E-state index contributed by atoms with van der Waals surface area (Å²) in [5.74, 6) is -0.0358. The lowest BCUT2D eigenvalue weighted by molar-refractivity contribution is -0.123. The lowest BCUT2D eigenvalue weighted by atomic mass is 10.1. The molecule has 1 aromatic carbocycles. The maximum Gasteiger partial charge on any atom is 0.255 e. The average Bonchev–Trinajstić information content (AvgIpc) is 2.96. The van der Waals surface area contributed by atoms with Gasteiger partial charge in [-0.25, -0.2) is 0 Å². The first-order valence-corrected chi connectivity index (χ1v) is 9.07. The monoisotopic (exact) mass is 340 g/mol. The molecular weight excluding hydrogens is 320 g/mol. The molecule has 0 radical (unpaired) electrons. The summed E-state index contributed by atoms with van der Waals surface area (Å²) in [6.45, 7) is 4.53. The molecule has 2 fully saturated rings. The Kier molecular flexibility index (Phi) is 3.32. The molecule has 2 amide bonds. The predicted molar refractivity (Wildman–Crippen MR) is 94.7 cm³/mol. The molecule has 1 aliphatic carbocycles. The van der Waals surface area contributed by atoms with Crippen LogP contribution in [0.5, 0.6) is 0 Å². The van der Waals surface area contributed by atoms with E-state index < -0.39 is 5.41 Å². The first-order chi connectivity index (χ1) is 11.4. The van der Waals surface area contributed by atoms with Gasteiger partial charge in [-0.1, -0.05) is 29.8 Å². The third-order valence-electron chi connectivity index (χ3n) is 5.62. The molecule has 0 unspecified atom stereocenters. The fourth-order valence-corrected chi connectivity index (χ4v) is 4.89. The van der Waals surface area contributed by atoms with Gasteiger partial charge < -0.3 is 10.6 Å². The number of hydrogen-bond donors (Lipinski definition) is 1. The molecule has 0 spiro atoms. The van der Waals surface area contributed by atoms with Crippen molar-refractivity contribution in [2.45, 2.75) is 26.3 Å². The molecule has 5 heteroatoms. The largest absolute Gasteiger partial charge is 0.369 e. The average molecular weight is 340 g/mol. The van der Waals surface area contributed by atoms with Crippen LogP contribution >= 0.6 is 11.3 Å². The third-order valence-corrected chi connectivity index (χ3v) is 6.58. The van der Waals surface area contributed by atoms with Gasteiger partial charge in [0.25, 0.3) is 5.91 Å². The number of carbonyl (C=O) groups excluding carboxylic acids is 2. The Labute approximate surface area is 145 Å². The molecule has 2 aromatic rings. The van der Waals surface area contributed by atoms with Gasteiger partial charge in [-0.05, 0) is 43.2 Å². The first kappa shape index (κ1) is 15.4. The Morgan fingerprint density at radius 1 is 1.25 bits per heavy atom. The maximum atomic E-state index is 13.1. The van der Waals surface area contributed by atoms with Crippen molar-refractivity contribution in [2.75, 3.05) is 6.54 Å². The summed E-state index contributed by atoms with van der Waals surface area (Å²) in [6.07, 6.45) is 0.821. The maximum absolute atomic E-state index is 13.1. The number of aryl methyl sites for hydroxylation is 1.